The van der Waals surface area contributed by atoms with Gasteiger partial charge in [-0.2, -0.15) is 5.10 Å². The molecule has 0 saturated carbocycles. The highest BCUT2D eigenvalue weighted by atomic mass is 16.5. The van der Waals surface area contributed by atoms with E-state index < -0.39 is 0 Å². The van der Waals surface area contributed by atoms with Crippen molar-refractivity contribution in [3.8, 4) is 17.2 Å². The van der Waals surface area contributed by atoms with Gasteiger partial charge in [0.2, 0.25) is 5.75 Å². The lowest BCUT2D eigenvalue weighted by atomic mass is 10.2. The first-order valence-electron chi connectivity index (χ1n) is 6.84. The molecule has 116 valence electrons. The van der Waals surface area contributed by atoms with E-state index in [0.29, 0.717) is 17.2 Å². The number of benzene rings is 2. The number of rotatable bonds is 6. The average Bonchev–Trinajstić information content (AvgIpc) is 2.55. The summed E-state index contributed by atoms with van der Waals surface area (Å²) in [5.41, 5.74) is 5.96. The SMILES string of the molecule is COc1cc(/C=N/Nc2ccccc2C)cc(OC)c1OC. The van der Waals surface area contributed by atoms with Crippen LogP contribution >= 0.6 is 0 Å². The zero-order valence-electron chi connectivity index (χ0n) is 13.2. The number of para-hydroxylation sites is 1. The second-order valence-electron chi connectivity index (χ2n) is 4.64. The van der Waals surface area contributed by atoms with Crippen molar-refractivity contribution in [3.05, 3.63) is 47.5 Å². The van der Waals surface area contributed by atoms with Gasteiger partial charge in [-0.3, -0.25) is 5.43 Å². The summed E-state index contributed by atoms with van der Waals surface area (Å²) < 4.78 is 15.9. The summed E-state index contributed by atoms with van der Waals surface area (Å²) in [5, 5.41) is 4.25. The normalized spacial score (nSPS) is 10.5. The van der Waals surface area contributed by atoms with E-state index in [1.807, 2.05) is 43.3 Å². The lowest BCUT2D eigenvalue weighted by Crippen LogP contribution is -1.98. The van der Waals surface area contributed by atoms with E-state index in [2.05, 4.69) is 10.5 Å². The van der Waals surface area contributed by atoms with Crippen LogP contribution in [0.3, 0.4) is 0 Å². The highest BCUT2D eigenvalue weighted by molar-refractivity contribution is 5.83. The van der Waals surface area contributed by atoms with Gasteiger partial charge in [-0.1, -0.05) is 18.2 Å². The van der Waals surface area contributed by atoms with Crippen LogP contribution in [0, 0.1) is 6.92 Å². The van der Waals surface area contributed by atoms with Crippen molar-refractivity contribution in [1.82, 2.24) is 0 Å². The van der Waals surface area contributed by atoms with Gasteiger partial charge in [0.05, 0.1) is 33.2 Å². The van der Waals surface area contributed by atoms with Crippen LogP contribution < -0.4 is 19.6 Å². The Balaban J connectivity index is 2.22. The van der Waals surface area contributed by atoms with E-state index in [9.17, 15) is 0 Å². The van der Waals surface area contributed by atoms with Crippen LogP contribution in [0.1, 0.15) is 11.1 Å². The van der Waals surface area contributed by atoms with Crippen LogP contribution in [0.15, 0.2) is 41.5 Å². The molecule has 22 heavy (non-hydrogen) atoms. The van der Waals surface area contributed by atoms with Gasteiger partial charge < -0.3 is 14.2 Å². The van der Waals surface area contributed by atoms with Gasteiger partial charge in [0.25, 0.3) is 0 Å². The summed E-state index contributed by atoms with van der Waals surface area (Å²) in [6, 6.07) is 11.6. The van der Waals surface area contributed by atoms with Gasteiger partial charge in [0.1, 0.15) is 0 Å². The molecule has 2 rings (SSSR count). The molecule has 0 atom stereocenters. The first-order valence-corrected chi connectivity index (χ1v) is 6.84. The first kappa shape index (κ1) is 15.7. The minimum absolute atomic E-state index is 0.564. The number of ether oxygens (including phenoxy) is 3. The van der Waals surface area contributed by atoms with Crippen molar-refractivity contribution >= 4 is 11.9 Å². The zero-order valence-corrected chi connectivity index (χ0v) is 13.2. The summed E-state index contributed by atoms with van der Waals surface area (Å²) >= 11 is 0. The summed E-state index contributed by atoms with van der Waals surface area (Å²) in [7, 11) is 4.75. The summed E-state index contributed by atoms with van der Waals surface area (Å²) in [5.74, 6) is 1.76. The number of nitrogens with one attached hydrogen (secondary N) is 1. The van der Waals surface area contributed by atoms with Gasteiger partial charge in [-0.25, -0.2) is 0 Å². The zero-order chi connectivity index (χ0) is 15.9. The molecule has 2 aromatic carbocycles. The molecule has 0 heterocycles. The van der Waals surface area contributed by atoms with Crippen molar-refractivity contribution in [2.75, 3.05) is 26.8 Å². The Labute approximate surface area is 130 Å². The van der Waals surface area contributed by atoms with Crippen molar-refractivity contribution in [1.29, 1.82) is 0 Å². The molecule has 0 radical (unpaired) electrons. The molecule has 0 aromatic heterocycles. The van der Waals surface area contributed by atoms with E-state index in [0.717, 1.165) is 16.8 Å². The van der Waals surface area contributed by atoms with Crippen LogP contribution in [0.2, 0.25) is 0 Å². The van der Waals surface area contributed by atoms with Crippen LogP contribution in [0.5, 0.6) is 17.2 Å². The quantitative estimate of drug-likeness (QED) is 0.655. The van der Waals surface area contributed by atoms with Gasteiger partial charge in [0, 0.05) is 5.56 Å². The lowest BCUT2D eigenvalue weighted by molar-refractivity contribution is 0.324. The predicted octanol–water partition coefficient (Wildman–Crippen LogP) is 3.47. The second kappa shape index (κ2) is 7.36. The first-order chi connectivity index (χ1) is 10.7. The molecule has 0 amide bonds. The van der Waals surface area contributed by atoms with Crippen LogP contribution in [-0.2, 0) is 0 Å². The van der Waals surface area contributed by atoms with Crippen molar-refractivity contribution in [2.24, 2.45) is 5.10 Å². The third-order valence-electron chi connectivity index (χ3n) is 3.23. The highest BCUT2D eigenvalue weighted by Crippen LogP contribution is 2.37. The molecular weight excluding hydrogens is 280 g/mol. The third kappa shape index (κ3) is 3.49. The Kier molecular flexibility index (Phi) is 5.25. The highest BCUT2D eigenvalue weighted by Gasteiger charge is 2.12. The predicted molar refractivity (Wildman–Crippen MR) is 88.5 cm³/mol. The largest absolute Gasteiger partial charge is 0.493 e. The number of hydrogen-bond acceptors (Lipinski definition) is 5. The Morgan fingerprint density at radius 1 is 0.955 bits per heavy atom. The van der Waals surface area contributed by atoms with E-state index in [1.165, 1.54) is 0 Å². The number of nitrogens with zero attached hydrogens (tertiary/aromatic N) is 1. The van der Waals surface area contributed by atoms with Gasteiger partial charge in [-0.05, 0) is 30.7 Å². The Bertz CT molecular complexity index is 644. The third-order valence-corrected chi connectivity index (χ3v) is 3.23. The minimum atomic E-state index is 0.564. The topological polar surface area (TPSA) is 52.1 Å². The smallest absolute Gasteiger partial charge is 0.203 e. The number of anilines is 1. The number of hydrogen-bond donors (Lipinski definition) is 1. The molecule has 0 bridgehead atoms. The maximum absolute atomic E-state index is 5.32. The Hall–Kier alpha value is -2.69. The number of methoxy groups -OCH3 is 3. The lowest BCUT2D eigenvalue weighted by Gasteiger charge is -2.12. The van der Waals surface area contributed by atoms with E-state index in [-0.39, 0.29) is 0 Å². The summed E-state index contributed by atoms with van der Waals surface area (Å²) in [6.45, 7) is 2.03. The van der Waals surface area contributed by atoms with Crippen molar-refractivity contribution in [3.63, 3.8) is 0 Å². The van der Waals surface area contributed by atoms with Crippen molar-refractivity contribution < 1.29 is 14.2 Å². The molecule has 5 heteroatoms. The molecule has 0 aliphatic carbocycles. The Morgan fingerprint density at radius 3 is 2.14 bits per heavy atom. The molecule has 0 aliphatic heterocycles. The maximum Gasteiger partial charge on any atom is 0.203 e. The molecule has 2 aromatic rings. The van der Waals surface area contributed by atoms with Gasteiger partial charge in [-0.15, -0.1) is 0 Å². The fourth-order valence-corrected chi connectivity index (χ4v) is 2.05. The van der Waals surface area contributed by atoms with Gasteiger partial charge >= 0.3 is 0 Å². The molecule has 0 spiro atoms. The van der Waals surface area contributed by atoms with Crippen LogP contribution in [0.25, 0.3) is 0 Å². The molecule has 1 N–H and O–H groups in total. The van der Waals surface area contributed by atoms with Gasteiger partial charge in [0.15, 0.2) is 11.5 Å². The minimum Gasteiger partial charge on any atom is -0.493 e. The fraction of sp³-hybridized carbons (Fsp3) is 0.235. The van der Waals surface area contributed by atoms with E-state index in [1.54, 1.807) is 27.5 Å². The van der Waals surface area contributed by atoms with Crippen molar-refractivity contribution in [2.45, 2.75) is 6.92 Å². The maximum atomic E-state index is 5.32. The summed E-state index contributed by atoms with van der Waals surface area (Å²) in [4.78, 5) is 0. The molecule has 0 unspecified atom stereocenters. The second-order valence-corrected chi connectivity index (χ2v) is 4.64. The molecule has 0 saturated heterocycles. The van der Waals surface area contributed by atoms with Crippen LogP contribution in [0.4, 0.5) is 5.69 Å². The summed E-state index contributed by atoms with van der Waals surface area (Å²) in [6.07, 6.45) is 1.71. The molecular formula is C17H20N2O3. The number of aryl methyl sites for hydroxylation is 1. The molecule has 5 nitrogen and oxygen atoms in total. The van der Waals surface area contributed by atoms with E-state index >= 15 is 0 Å². The van der Waals surface area contributed by atoms with E-state index in [4.69, 9.17) is 14.2 Å². The average molecular weight is 300 g/mol. The monoisotopic (exact) mass is 300 g/mol. The van der Waals surface area contributed by atoms with Crippen LogP contribution in [-0.4, -0.2) is 27.5 Å². The molecule has 0 aliphatic rings. The fourth-order valence-electron chi connectivity index (χ4n) is 2.05. The molecule has 0 fully saturated rings. The standard InChI is InChI=1S/C17H20N2O3/c1-12-7-5-6-8-14(12)19-18-11-13-9-15(20-2)17(22-4)16(10-13)21-3/h5-11,19H,1-4H3/b18-11+. The Morgan fingerprint density at radius 2 is 1.59 bits per heavy atom. The number of hydrazone groups is 1.